The topological polar surface area (TPSA) is 69.6 Å². The maximum absolute atomic E-state index is 12.3. The SMILES string of the molecule is CCCC[C@H](NC(=O)N1CCCCC1CCC)C(=O)O. The predicted molar refractivity (Wildman–Crippen MR) is 78.7 cm³/mol. The number of carbonyl (C=O) groups excluding carboxylic acids is 1. The molecule has 0 aliphatic carbocycles. The van der Waals surface area contributed by atoms with Crippen molar-refractivity contribution in [2.24, 2.45) is 0 Å². The van der Waals surface area contributed by atoms with Crippen LogP contribution in [-0.2, 0) is 4.79 Å². The monoisotopic (exact) mass is 284 g/mol. The van der Waals surface area contributed by atoms with Crippen LogP contribution in [0.15, 0.2) is 0 Å². The van der Waals surface area contributed by atoms with E-state index in [-0.39, 0.29) is 12.1 Å². The maximum Gasteiger partial charge on any atom is 0.326 e. The minimum absolute atomic E-state index is 0.202. The molecule has 0 aromatic carbocycles. The van der Waals surface area contributed by atoms with Crippen molar-refractivity contribution in [3.05, 3.63) is 0 Å². The van der Waals surface area contributed by atoms with E-state index in [0.29, 0.717) is 6.42 Å². The summed E-state index contributed by atoms with van der Waals surface area (Å²) in [4.78, 5) is 25.4. The van der Waals surface area contributed by atoms with Crippen LogP contribution in [0.25, 0.3) is 0 Å². The second-order valence-corrected chi connectivity index (χ2v) is 5.61. The number of nitrogens with zero attached hydrogens (tertiary/aromatic N) is 1. The van der Waals surface area contributed by atoms with Crippen LogP contribution >= 0.6 is 0 Å². The van der Waals surface area contributed by atoms with Gasteiger partial charge in [-0.2, -0.15) is 0 Å². The Kier molecular flexibility index (Phi) is 7.41. The molecule has 2 N–H and O–H groups in total. The molecule has 116 valence electrons. The molecule has 0 bridgehead atoms. The van der Waals surface area contributed by atoms with E-state index in [9.17, 15) is 14.7 Å². The van der Waals surface area contributed by atoms with E-state index in [1.807, 2.05) is 11.8 Å². The molecule has 1 saturated heterocycles. The number of hydrogen-bond acceptors (Lipinski definition) is 2. The number of nitrogens with one attached hydrogen (secondary N) is 1. The van der Waals surface area contributed by atoms with Gasteiger partial charge in [0.2, 0.25) is 0 Å². The Hall–Kier alpha value is -1.26. The highest BCUT2D eigenvalue weighted by Crippen LogP contribution is 2.21. The van der Waals surface area contributed by atoms with Gasteiger partial charge in [0, 0.05) is 12.6 Å². The van der Waals surface area contributed by atoms with E-state index in [2.05, 4.69) is 12.2 Å². The summed E-state index contributed by atoms with van der Waals surface area (Å²) in [5, 5.41) is 11.9. The first-order chi connectivity index (χ1) is 9.60. The molecular formula is C15H28N2O3. The number of unbranched alkanes of at least 4 members (excludes halogenated alkanes) is 1. The molecule has 1 fully saturated rings. The van der Waals surface area contributed by atoms with Crippen LogP contribution in [-0.4, -0.2) is 40.6 Å². The van der Waals surface area contributed by atoms with Gasteiger partial charge in [0.05, 0.1) is 0 Å². The largest absolute Gasteiger partial charge is 0.480 e. The van der Waals surface area contributed by atoms with Gasteiger partial charge in [0.15, 0.2) is 0 Å². The van der Waals surface area contributed by atoms with Gasteiger partial charge < -0.3 is 15.3 Å². The molecule has 1 unspecified atom stereocenters. The number of likely N-dealkylation sites (tertiary alicyclic amines) is 1. The van der Waals surface area contributed by atoms with E-state index in [4.69, 9.17) is 0 Å². The van der Waals surface area contributed by atoms with Gasteiger partial charge in [-0.3, -0.25) is 0 Å². The third-order valence-electron chi connectivity index (χ3n) is 3.95. The lowest BCUT2D eigenvalue weighted by Crippen LogP contribution is -2.52. The standard InChI is InChI=1S/C15H28N2O3/c1-3-5-10-13(14(18)19)16-15(20)17-11-7-6-9-12(17)8-4-2/h12-13H,3-11H2,1-2H3,(H,16,20)(H,18,19)/t12?,13-/m0/s1. The van der Waals surface area contributed by atoms with E-state index in [0.717, 1.165) is 51.5 Å². The highest BCUT2D eigenvalue weighted by atomic mass is 16.4. The molecule has 2 amide bonds. The summed E-state index contributed by atoms with van der Waals surface area (Å²) in [5.74, 6) is -0.934. The van der Waals surface area contributed by atoms with Crippen molar-refractivity contribution in [1.29, 1.82) is 0 Å². The number of carbonyl (C=O) groups is 2. The lowest BCUT2D eigenvalue weighted by atomic mass is 9.98. The van der Waals surface area contributed by atoms with Gasteiger partial charge in [-0.25, -0.2) is 9.59 Å². The lowest BCUT2D eigenvalue weighted by Gasteiger charge is -2.36. The van der Waals surface area contributed by atoms with Crippen LogP contribution in [0.5, 0.6) is 0 Å². The van der Waals surface area contributed by atoms with Crippen molar-refractivity contribution in [1.82, 2.24) is 10.2 Å². The van der Waals surface area contributed by atoms with Gasteiger partial charge in [-0.1, -0.05) is 33.1 Å². The molecular weight excluding hydrogens is 256 g/mol. The number of carboxylic acids is 1. The van der Waals surface area contributed by atoms with Crippen molar-refractivity contribution in [2.45, 2.75) is 77.3 Å². The quantitative estimate of drug-likeness (QED) is 0.755. The van der Waals surface area contributed by atoms with Crippen molar-refractivity contribution >= 4 is 12.0 Å². The second kappa shape index (κ2) is 8.82. The summed E-state index contributed by atoms with van der Waals surface area (Å²) in [6.07, 6.45) is 7.51. The summed E-state index contributed by atoms with van der Waals surface area (Å²) in [7, 11) is 0. The summed E-state index contributed by atoms with van der Waals surface area (Å²) in [6.45, 7) is 4.88. The summed E-state index contributed by atoms with van der Waals surface area (Å²) >= 11 is 0. The third-order valence-corrected chi connectivity index (χ3v) is 3.95. The van der Waals surface area contributed by atoms with E-state index >= 15 is 0 Å². The number of urea groups is 1. The predicted octanol–water partition coefficient (Wildman–Crippen LogP) is 2.99. The Bertz CT molecular complexity index is 318. The Balaban J connectivity index is 2.58. The van der Waals surface area contributed by atoms with Gasteiger partial charge in [0.1, 0.15) is 6.04 Å². The van der Waals surface area contributed by atoms with E-state index < -0.39 is 12.0 Å². The smallest absolute Gasteiger partial charge is 0.326 e. The molecule has 1 heterocycles. The van der Waals surface area contributed by atoms with Crippen LogP contribution in [0, 0.1) is 0 Å². The average molecular weight is 284 g/mol. The summed E-state index contributed by atoms with van der Waals surface area (Å²) in [5.41, 5.74) is 0. The maximum atomic E-state index is 12.3. The van der Waals surface area contributed by atoms with Crippen LogP contribution < -0.4 is 5.32 Å². The second-order valence-electron chi connectivity index (χ2n) is 5.61. The Morgan fingerprint density at radius 2 is 2.05 bits per heavy atom. The molecule has 5 nitrogen and oxygen atoms in total. The zero-order valence-corrected chi connectivity index (χ0v) is 12.7. The Morgan fingerprint density at radius 1 is 1.30 bits per heavy atom. The van der Waals surface area contributed by atoms with Crippen LogP contribution in [0.1, 0.15) is 65.2 Å². The van der Waals surface area contributed by atoms with Crippen molar-refractivity contribution in [2.75, 3.05) is 6.54 Å². The number of rotatable bonds is 7. The van der Waals surface area contributed by atoms with Crippen molar-refractivity contribution in [3.63, 3.8) is 0 Å². The van der Waals surface area contributed by atoms with Crippen molar-refractivity contribution in [3.8, 4) is 0 Å². The number of hydrogen-bond donors (Lipinski definition) is 2. The lowest BCUT2D eigenvalue weighted by molar-refractivity contribution is -0.139. The van der Waals surface area contributed by atoms with Gasteiger partial charge >= 0.3 is 12.0 Å². The third kappa shape index (κ3) is 5.02. The number of aliphatic carboxylic acids is 1. The molecule has 1 aliphatic heterocycles. The highest BCUT2D eigenvalue weighted by molar-refractivity contribution is 5.82. The minimum Gasteiger partial charge on any atom is -0.480 e. The molecule has 5 heteroatoms. The molecule has 0 aromatic heterocycles. The number of amides is 2. The molecule has 0 saturated carbocycles. The van der Waals surface area contributed by atoms with Crippen molar-refractivity contribution < 1.29 is 14.7 Å². The van der Waals surface area contributed by atoms with Crippen LogP contribution in [0.2, 0.25) is 0 Å². The first-order valence-electron chi connectivity index (χ1n) is 7.90. The van der Waals surface area contributed by atoms with E-state index in [1.165, 1.54) is 0 Å². The zero-order valence-electron chi connectivity index (χ0n) is 12.7. The van der Waals surface area contributed by atoms with Gasteiger partial charge in [0.25, 0.3) is 0 Å². The van der Waals surface area contributed by atoms with Gasteiger partial charge in [-0.15, -0.1) is 0 Å². The molecule has 1 aliphatic rings. The molecule has 0 spiro atoms. The minimum atomic E-state index is -0.934. The van der Waals surface area contributed by atoms with Crippen LogP contribution in [0.4, 0.5) is 4.79 Å². The highest BCUT2D eigenvalue weighted by Gasteiger charge is 2.28. The Morgan fingerprint density at radius 3 is 2.65 bits per heavy atom. The molecule has 20 heavy (non-hydrogen) atoms. The fourth-order valence-electron chi connectivity index (χ4n) is 2.80. The number of piperidine rings is 1. The molecule has 2 atom stereocenters. The molecule has 0 aromatic rings. The van der Waals surface area contributed by atoms with Crippen LogP contribution in [0.3, 0.4) is 0 Å². The summed E-state index contributed by atoms with van der Waals surface area (Å²) in [6, 6.07) is -0.687. The zero-order chi connectivity index (χ0) is 15.0. The summed E-state index contributed by atoms with van der Waals surface area (Å²) < 4.78 is 0. The Labute approximate surface area is 121 Å². The van der Waals surface area contributed by atoms with E-state index in [1.54, 1.807) is 0 Å². The average Bonchev–Trinajstić information content (AvgIpc) is 2.43. The first kappa shape index (κ1) is 16.8. The number of carboxylic acid groups (broad SMARTS) is 1. The molecule has 0 radical (unpaired) electrons. The van der Waals surface area contributed by atoms with Gasteiger partial charge in [-0.05, 0) is 32.1 Å². The fourth-order valence-corrected chi connectivity index (χ4v) is 2.80. The first-order valence-corrected chi connectivity index (χ1v) is 7.90. The molecule has 1 rings (SSSR count). The normalized spacial score (nSPS) is 20.5. The fraction of sp³-hybridized carbons (Fsp3) is 0.867.